The Kier molecular flexibility index (Phi) is 4.06. The third kappa shape index (κ3) is 2.88. The monoisotopic (exact) mass is 349 g/mol. The smallest absolute Gasteiger partial charge is 0.258 e. The van der Waals surface area contributed by atoms with Crippen molar-refractivity contribution in [2.75, 3.05) is 14.2 Å². The van der Waals surface area contributed by atoms with Gasteiger partial charge in [0, 0.05) is 5.56 Å². The van der Waals surface area contributed by atoms with Crippen LogP contribution in [0.3, 0.4) is 0 Å². The molecule has 8 nitrogen and oxygen atoms in total. The molecule has 0 saturated heterocycles. The van der Waals surface area contributed by atoms with E-state index in [1.54, 1.807) is 37.2 Å². The fourth-order valence-corrected chi connectivity index (χ4v) is 2.49. The molecule has 0 atom stereocenters. The lowest BCUT2D eigenvalue weighted by Gasteiger charge is -2.07. The fraction of sp³-hybridized carbons (Fsp3) is 0.111. The Morgan fingerprint density at radius 1 is 0.962 bits per heavy atom. The van der Waals surface area contributed by atoms with Crippen LogP contribution in [0.1, 0.15) is 0 Å². The molecular formula is C18H15N5O3. The second-order valence-electron chi connectivity index (χ2n) is 5.38. The van der Waals surface area contributed by atoms with E-state index in [2.05, 4.69) is 20.5 Å². The number of hydrogen-bond acceptors (Lipinski definition) is 7. The number of para-hydroxylation sites is 1. The lowest BCUT2D eigenvalue weighted by molar-refractivity contribution is 0.355. The minimum atomic E-state index is 0.357. The molecule has 0 bridgehead atoms. The molecule has 0 unspecified atom stereocenters. The topological polar surface area (TPSA) is 88.1 Å². The van der Waals surface area contributed by atoms with Gasteiger partial charge in [-0.05, 0) is 30.3 Å². The maximum absolute atomic E-state index is 5.36. The number of methoxy groups -OCH3 is 2. The normalized spacial score (nSPS) is 10.7. The van der Waals surface area contributed by atoms with Crippen molar-refractivity contribution >= 4 is 0 Å². The molecule has 4 aromatic rings. The number of benzene rings is 2. The van der Waals surface area contributed by atoms with Gasteiger partial charge in [-0.25, -0.2) is 4.68 Å². The zero-order valence-corrected chi connectivity index (χ0v) is 14.2. The Morgan fingerprint density at radius 3 is 2.54 bits per heavy atom. The van der Waals surface area contributed by atoms with Crippen LogP contribution in [0.25, 0.3) is 28.7 Å². The minimum Gasteiger partial charge on any atom is -0.493 e. The Hall–Kier alpha value is -3.68. The molecule has 0 spiro atoms. The van der Waals surface area contributed by atoms with Gasteiger partial charge in [-0.2, -0.15) is 4.98 Å². The van der Waals surface area contributed by atoms with Gasteiger partial charge in [0.25, 0.3) is 5.89 Å². The summed E-state index contributed by atoms with van der Waals surface area (Å²) < 4.78 is 17.5. The van der Waals surface area contributed by atoms with Crippen molar-refractivity contribution in [1.82, 2.24) is 25.1 Å². The Bertz CT molecular complexity index is 1030. The van der Waals surface area contributed by atoms with Crippen LogP contribution in [0, 0.1) is 0 Å². The number of nitrogens with zero attached hydrogens (tertiary/aromatic N) is 5. The predicted molar refractivity (Wildman–Crippen MR) is 93.2 cm³/mol. The number of aromatic nitrogens is 5. The average Bonchev–Trinajstić information content (AvgIpc) is 3.37. The molecule has 4 rings (SSSR count). The van der Waals surface area contributed by atoms with Gasteiger partial charge >= 0.3 is 0 Å². The van der Waals surface area contributed by atoms with E-state index >= 15 is 0 Å². The summed E-state index contributed by atoms with van der Waals surface area (Å²) in [5, 5.41) is 12.2. The van der Waals surface area contributed by atoms with Crippen LogP contribution in [0.4, 0.5) is 0 Å². The van der Waals surface area contributed by atoms with E-state index in [9.17, 15) is 0 Å². The molecule has 0 saturated carbocycles. The zero-order valence-electron chi connectivity index (χ0n) is 14.2. The van der Waals surface area contributed by atoms with E-state index in [1.165, 1.54) is 0 Å². The van der Waals surface area contributed by atoms with Crippen molar-refractivity contribution in [2.45, 2.75) is 0 Å². The molecule has 0 aliphatic carbocycles. The highest BCUT2D eigenvalue weighted by Crippen LogP contribution is 2.32. The fourth-order valence-electron chi connectivity index (χ4n) is 2.49. The van der Waals surface area contributed by atoms with Crippen molar-refractivity contribution in [1.29, 1.82) is 0 Å². The van der Waals surface area contributed by atoms with Gasteiger partial charge in [0.2, 0.25) is 5.82 Å². The van der Waals surface area contributed by atoms with E-state index in [1.807, 2.05) is 36.4 Å². The Morgan fingerprint density at radius 2 is 1.77 bits per heavy atom. The summed E-state index contributed by atoms with van der Waals surface area (Å²) >= 11 is 0. The van der Waals surface area contributed by atoms with Crippen LogP contribution >= 0.6 is 0 Å². The molecule has 2 heterocycles. The Labute approximate surface area is 149 Å². The second kappa shape index (κ2) is 6.67. The SMILES string of the molecule is COc1ccc(-c2nc(-c3cn(-c4ccccc4)nn3)no2)cc1OC. The predicted octanol–water partition coefficient (Wildman–Crippen LogP) is 3.00. The molecular weight excluding hydrogens is 334 g/mol. The number of rotatable bonds is 5. The molecule has 2 aromatic heterocycles. The molecule has 130 valence electrons. The van der Waals surface area contributed by atoms with Gasteiger partial charge in [-0.3, -0.25) is 0 Å². The first-order valence-corrected chi connectivity index (χ1v) is 7.83. The zero-order chi connectivity index (χ0) is 17.9. The van der Waals surface area contributed by atoms with Gasteiger partial charge in [-0.15, -0.1) is 5.10 Å². The van der Waals surface area contributed by atoms with Crippen LogP contribution in [0.2, 0.25) is 0 Å². The molecule has 0 radical (unpaired) electrons. The largest absolute Gasteiger partial charge is 0.493 e. The summed E-state index contributed by atoms with van der Waals surface area (Å²) in [5.41, 5.74) is 2.14. The maximum atomic E-state index is 5.36. The van der Waals surface area contributed by atoms with Crippen LogP contribution in [0.15, 0.2) is 59.3 Å². The second-order valence-corrected chi connectivity index (χ2v) is 5.38. The molecule has 8 heteroatoms. The lowest BCUT2D eigenvalue weighted by atomic mass is 10.2. The minimum absolute atomic E-state index is 0.357. The van der Waals surface area contributed by atoms with Crippen molar-refractivity contribution < 1.29 is 14.0 Å². The molecule has 0 amide bonds. The molecule has 0 fully saturated rings. The summed E-state index contributed by atoms with van der Waals surface area (Å²) in [7, 11) is 3.15. The number of ether oxygens (including phenoxy) is 2. The highest BCUT2D eigenvalue weighted by atomic mass is 16.5. The van der Waals surface area contributed by atoms with Crippen LogP contribution in [-0.2, 0) is 0 Å². The van der Waals surface area contributed by atoms with Crippen molar-refractivity contribution in [2.24, 2.45) is 0 Å². The standard InChI is InChI=1S/C18H15N5O3/c1-24-15-9-8-12(10-16(15)25-2)18-19-17(21-26-18)14-11-23(22-20-14)13-6-4-3-5-7-13/h3-11H,1-2H3. The summed E-state index contributed by atoms with van der Waals surface area (Å²) in [5.74, 6) is 1.92. The van der Waals surface area contributed by atoms with E-state index in [0.717, 1.165) is 11.3 Å². The third-order valence-corrected chi connectivity index (χ3v) is 3.80. The first-order valence-electron chi connectivity index (χ1n) is 7.83. The van der Waals surface area contributed by atoms with Gasteiger partial charge < -0.3 is 14.0 Å². The van der Waals surface area contributed by atoms with Crippen LogP contribution in [0.5, 0.6) is 11.5 Å². The van der Waals surface area contributed by atoms with Crippen molar-refractivity contribution in [3.63, 3.8) is 0 Å². The van der Waals surface area contributed by atoms with Gasteiger partial charge in [0.15, 0.2) is 17.2 Å². The maximum Gasteiger partial charge on any atom is 0.258 e. The van der Waals surface area contributed by atoms with Gasteiger partial charge in [0.05, 0.1) is 26.1 Å². The summed E-state index contributed by atoms with van der Waals surface area (Å²) in [4.78, 5) is 4.40. The highest BCUT2D eigenvalue weighted by molar-refractivity contribution is 5.61. The summed E-state index contributed by atoms with van der Waals surface area (Å²) in [6.45, 7) is 0. The van der Waals surface area contributed by atoms with E-state index in [-0.39, 0.29) is 0 Å². The van der Waals surface area contributed by atoms with Crippen LogP contribution < -0.4 is 9.47 Å². The third-order valence-electron chi connectivity index (χ3n) is 3.80. The number of hydrogen-bond donors (Lipinski definition) is 0. The van der Waals surface area contributed by atoms with E-state index in [0.29, 0.717) is 28.9 Å². The lowest BCUT2D eigenvalue weighted by Crippen LogP contribution is -1.93. The Balaban J connectivity index is 1.64. The highest BCUT2D eigenvalue weighted by Gasteiger charge is 2.16. The molecule has 0 N–H and O–H groups in total. The molecule has 0 aliphatic rings. The molecule has 26 heavy (non-hydrogen) atoms. The van der Waals surface area contributed by atoms with E-state index in [4.69, 9.17) is 14.0 Å². The quantitative estimate of drug-likeness (QED) is 0.547. The molecule has 2 aromatic carbocycles. The van der Waals surface area contributed by atoms with Crippen molar-refractivity contribution in [3.05, 3.63) is 54.7 Å². The van der Waals surface area contributed by atoms with E-state index < -0.39 is 0 Å². The van der Waals surface area contributed by atoms with Gasteiger partial charge in [-0.1, -0.05) is 28.6 Å². The van der Waals surface area contributed by atoms with Gasteiger partial charge in [0.1, 0.15) is 0 Å². The average molecular weight is 349 g/mol. The van der Waals surface area contributed by atoms with Crippen LogP contribution in [-0.4, -0.2) is 39.4 Å². The summed E-state index contributed by atoms with van der Waals surface area (Å²) in [6.07, 6.45) is 1.75. The first-order chi connectivity index (χ1) is 12.8. The molecule has 0 aliphatic heterocycles. The first kappa shape index (κ1) is 15.8. The van der Waals surface area contributed by atoms with Crippen molar-refractivity contribution in [3.8, 4) is 40.2 Å². The summed E-state index contributed by atoms with van der Waals surface area (Å²) in [6, 6.07) is 15.0.